The Balaban J connectivity index is 1.54. The zero-order chi connectivity index (χ0) is 19.0. The quantitative estimate of drug-likeness (QED) is 0.866. The molecule has 146 valence electrons. The Labute approximate surface area is 160 Å². The van der Waals surface area contributed by atoms with Gasteiger partial charge in [0.05, 0.1) is 17.6 Å². The number of imidazole rings is 1. The van der Waals surface area contributed by atoms with Crippen LogP contribution in [0, 0.1) is 5.92 Å². The van der Waals surface area contributed by atoms with Crippen LogP contribution in [-0.4, -0.2) is 62.1 Å². The highest BCUT2D eigenvalue weighted by Crippen LogP contribution is 2.42. The largest absolute Gasteiger partial charge is 0.348 e. The van der Waals surface area contributed by atoms with Crippen LogP contribution in [0.1, 0.15) is 61.2 Å². The van der Waals surface area contributed by atoms with Gasteiger partial charge in [-0.05, 0) is 31.2 Å². The minimum Gasteiger partial charge on any atom is -0.348 e. The molecule has 0 bridgehead atoms. The summed E-state index contributed by atoms with van der Waals surface area (Å²) in [6.45, 7) is 10.2. The van der Waals surface area contributed by atoms with E-state index >= 15 is 0 Å². The van der Waals surface area contributed by atoms with Crippen molar-refractivity contribution < 1.29 is 4.79 Å². The summed E-state index contributed by atoms with van der Waals surface area (Å²) >= 11 is 0. The first kappa shape index (κ1) is 18.2. The monoisotopic (exact) mass is 370 g/mol. The standard InChI is InChI=1S/C20H30N6O/c1-4-15-11-17(24-23-15)19(27)25-9-6-20(7-10-25)18-16(21-13-22-18)5-8-26(20)12-14(2)3/h11,13-14H,4-10,12H2,1-3H3,(H,21,22)(H,23,24). The van der Waals surface area contributed by atoms with Crippen LogP contribution < -0.4 is 0 Å². The van der Waals surface area contributed by atoms with Gasteiger partial charge in [-0.25, -0.2) is 4.98 Å². The molecule has 0 saturated carbocycles. The Morgan fingerprint density at radius 2 is 2.07 bits per heavy atom. The van der Waals surface area contributed by atoms with Gasteiger partial charge in [0.25, 0.3) is 5.91 Å². The third-order valence-electron chi connectivity index (χ3n) is 6.09. The second-order valence-electron chi connectivity index (χ2n) is 8.28. The molecule has 0 radical (unpaired) electrons. The number of nitrogens with zero attached hydrogens (tertiary/aromatic N) is 4. The van der Waals surface area contributed by atoms with Gasteiger partial charge in [-0.15, -0.1) is 0 Å². The summed E-state index contributed by atoms with van der Waals surface area (Å²) in [5.74, 6) is 0.646. The number of nitrogens with one attached hydrogen (secondary N) is 2. The van der Waals surface area contributed by atoms with E-state index in [1.165, 1.54) is 11.4 Å². The minimum atomic E-state index is -0.0468. The number of aryl methyl sites for hydroxylation is 1. The van der Waals surface area contributed by atoms with Gasteiger partial charge < -0.3 is 9.88 Å². The van der Waals surface area contributed by atoms with Gasteiger partial charge in [-0.3, -0.25) is 14.8 Å². The van der Waals surface area contributed by atoms with Gasteiger partial charge in [-0.1, -0.05) is 20.8 Å². The Hall–Kier alpha value is -2.15. The van der Waals surface area contributed by atoms with Crippen LogP contribution in [0.25, 0.3) is 0 Å². The van der Waals surface area contributed by atoms with Crippen LogP contribution in [0.15, 0.2) is 12.4 Å². The molecule has 4 heterocycles. The van der Waals surface area contributed by atoms with Crippen LogP contribution in [0.5, 0.6) is 0 Å². The average Bonchev–Trinajstić information content (AvgIpc) is 3.33. The maximum Gasteiger partial charge on any atom is 0.274 e. The molecule has 7 heteroatoms. The van der Waals surface area contributed by atoms with E-state index in [1.807, 2.05) is 17.3 Å². The van der Waals surface area contributed by atoms with Crippen molar-refractivity contribution in [3.63, 3.8) is 0 Å². The number of carbonyl (C=O) groups is 1. The van der Waals surface area contributed by atoms with Gasteiger partial charge in [0.2, 0.25) is 0 Å². The normalized spacial score (nSPS) is 19.6. The van der Waals surface area contributed by atoms with Crippen molar-refractivity contribution >= 4 is 5.91 Å². The van der Waals surface area contributed by atoms with E-state index < -0.39 is 0 Å². The van der Waals surface area contributed by atoms with Gasteiger partial charge >= 0.3 is 0 Å². The summed E-state index contributed by atoms with van der Waals surface area (Å²) in [5, 5.41) is 7.15. The second kappa shape index (κ2) is 7.11. The predicted octanol–water partition coefficient (Wildman–Crippen LogP) is 2.34. The highest BCUT2D eigenvalue weighted by Gasteiger charge is 2.47. The molecule has 1 saturated heterocycles. The van der Waals surface area contributed by atoms with Crippen LogP contribution in [0.2, 0.25) is 0 Å². The van der Waals surface area contributed by atoms with Gasteiger partial charge in [-0.2, -0.15) is 5.10 Å². The summed E-state index contributed by atoms with van der Waals surface area (Å²) in [5.41, 5.74) is 3.97. The molecule has 2 aliphatic rings. The zero-order valence-electron chi connectivity index (χ0n) is 16.6. The van der Waals surface area contributed by atoms with Gasteiger partial charge in [0.15, 0.2) is 0 Å². The molecule has 4 rings (SSSR count). The number of likely N-dealkylation sites (tertiary alicyclic amines) is 1. The first-order valence-corrected chi connectivity index (χ1v) is 10.1. The maximum atomic E-state index is 12.9. The van der Waals surface area contributed by atoms with Crippen LogP contribution in [-0.2, 0) is 18.4 Å². The smallest absolute Gasteiger partial charge is 0.274 e. The molecule has 2 aromatic rings. The number of aromatic amines is 2. The highest BCUT2D eigenvalue weighted by atomic mass is 16.2. The summed E-state index contributed by atoms with van der Waals surface area (Å²) in [6.07, 6.45) is 5.57. The van der Waals surface area contributed by atoms with E-state index in [4.69, 9.17) is 4.98 Å². The van der Waals surface area contributed by atoms with E-state index in [-0.39, 0.29) is 11.4 Å². The Bertz CT molecular complexity index is 799. The van der Waals surface area contributed by atoms with E-state index in [9.17, 15) is 4.79 Å². The third-order valence-corrected chi connectivity index (χ3v) is 6.09. The van der Waals surface area contributed by atoms with Crippen molar-refractivity contribution in [1.82, 2.24) is 30.0 Å². The van der Waals surface area contributed by atoms with E-state index in [0.717, 1.165) is 57.6 Å². The molecule has 0 aromatic carbocycles. The first-order chi connectivity index (χ1) is 13.0. The summed E-state index contributed by atoms with van der Waals surface area (Å²) in [6, 6.07) is 1.88. The lowest BCUT2D eigenvalue weighted by Crippen LogP contribution is -2.57. The number of rotatable bonds is 4. The summed E-state index contributed by atoms with van der Waals surface area (Å²) < 4.78 is 0. The molecular weight excluding hydrogens is 340 g/mol. The highest BCUT2D eigenvalue weighted by molar-refractivity contribution is 5.92. The first-order valence-electron chi connectivity index (χ1n) is 10.1. The Kier molecular flexibility index (Phi) is 4.80. The number of fused-ring (bicyclic) bond motifs is 2. The molecule has 0 unspecified atom stereocenters. The fraction of sp³-hybridized carbons (Fsp3) is 0.650. The number of aromatic nitrogens is 4. The van der Waals surface area contributed by atoms with Crippen LogP contribution in [0.4, 0.5) is 0 Å². The molecule has 1 amide bonds. The minimum absolute atomic E-state index is 0.0364. The maximum absolute atomic E-state index is 12.9. The number of hydrogen-bond acceptors (Lipinski definition) is 4. The summed E-state index contributed by atoms with van der Waals surface area (Å²) in [4.78, 5) is 25.5. The van der Waals surface area contributed by atoms with Crippen molar-refractivity contribution in [1.29, 1.82) is 0 Å². The van der Waals surface area contributed by atoms with Crippen molar-refractivity contribution in [3.05, 3.63) is 35.2 Å². The molecule has 27 heavy (non-hydrogen) atoms. The lowest BCUT2D eigenvalue weighted by atomic mass is 9.78. The summed E-state index contributed by atoms with van der Waals surface area (Å²) in [7, 11) is 0. The van der Waals surface area contributed by atoms with Gasteiger partial charge in [0, 0.05) is 44.0 Å². The lowest BCUT2D eigenvalue weighted by molar-refractivity contribution is 0.000459. The second-order valence-corrected chi connectivity index (χ2v) is 8.28. The van der Waals surface area contributed by atoms with E-state index in [1.54, 1.807) is 0 Å². The fourth-order valence-corrected chi connectivity index (χ4v) is 4.68. The number of carbonyl (C=O) groups excluding carboxylic acids is 1. The number of hydrogen-bond donors (Lipinski definition) is 2. The zero-order valence-corrected chi connectivity index (χ0v) is 16.6. The average molecular weight is 371 g/mol. The molecule has 2 aromatic heterocycles. The molecule has 2 aliphatic heterocycles. The molecule has 1 fully saturated rings. The molecule has 7 nitrogen and oxygen atoms in total. The number of piperidine rings is 1. The third kappa shape index (κ3) is 3.18. The Morgan fingerprint density at radius 3 is 2.74 bits per heavy atom. The van der Waals surface area contributed by atoms with Crippen LogP contribution in [0.3, 0.4) is 0 Å². The van der Waals surface area contributed by atoms with Crippen molar-refractivity contribution in [2.45, 2.75) is 52.0 Å². The number of amides is 1. The van der Waals surface area contributed by atoms with Crippen molar-refractivity contribution in [2.24, 2.45) is 5.92 Å². The SMILES string of the molecule is CCc1cc(C(=O)N2CCC3(CC2)c2nc[nH]c2CCN3CC(C)C)n[nH]1. The number of H-pyrrole nitrogens is 2. The molecule has 0 atom stereocenters. The van der Waals surface area contributed by atoms with Crippen molar-refractivity contribution in [3.8, 4) is 0 Å². The molecule has 0 aliphatic carbocycles. The topological polar surface area (TPSA) is 80.9 Å². The fourth-order valence-electron chi connectivity index (χ4n) is 4.68. The van der Waals surface area contributed by atoms with Crippen LogP contribution >= 0.6 is 0 Å². The predicted molar refractivity (Wildman–Crippen MR) is 103 cm³/mol. The molecular formula is C20H30N6O. The van der Waals surface area contributed by atoms with E-state index in [0.29, 0.717) is 11.6 Å². The molecule has 1 spiro atoms. The Morgan fingerprint density at radius 1 is 1.30 bits per heavy atom. The van der Waals surface area contributed by atoms with Gasteiger partial charge in [0.1, 0.15) is 5.69 Å². The van der Waals surface area contributed by atoms with E-state index in [2.05, 4.69) is 40.9 Å². The lowest BCUT2D eigenvalue weighted by Gasteiger charge is -2.51. The molecule has 2 N–H and O–H groups in total. The van der Waals surface area contributed by atoms with Crippen molar-refractivity contribution in [2.75, 3.05) is 26.2 Å².